The summed E-state index contributed by atoms with van der Waals surface area (Å²) in [6.07, 6.45) is 2.74. The molecule has 0 spiro atoms. The SMILES string of the molecule is CCc1ccc(C(C)CCC(C)=O)cc1. The van der Waals surface area contributed by atoms with Gasteiger partial charge in [-0.2, -0.15) is 0 Å². The Hall–Kier alpha value is -1.11. The molecular weight excluding hydrogens is 184 g/mol. The van der Waals surface area contributed by atoms with Crippen molar-refractivity contribution in [1.82, 2.24) is 0 Å². The van der Waals surface area contributed by atoms with Gasteiger partial charge in [0.25, 0.3) is 0 Å². The topological polar surface area (TPSA) is 17.1 Å². The van der Waals surface area contributed by atoms with Crippen LogP contribution < -0.4 is 0 Å². The molecule has 1 aromatic carbocycles. The minimum Gasteiger partial charge on any atom is -0.300 e. The van der Waals surface area contributed by atoms with Crippen LogP contribution in [0.4, 0.5) is 0 Å². The molecule has 15 heavy (non-hydrogen) atoms. The lowest BCUT2D eigenvalue weighted by Gasteiger charge is -2.11. The highest BCUT2D eigenvalue weighted by Gasteiger charge is 2.06. The summed E-state index contributed by atoms with van der Waals surface area (Å²) in [5.74, 6) is 0.770. The molecule has 0 amide bonds. The van der Waals surface area contributed by atoms with Gasteiger partial charge in [-0.3, -0.25) is 0 Å². The van der Waals surface area contributed by atoms with Crippen molar-refractivity contribution in [3.63, 3.8) is 0 Å². The van der Waals surface area contributed by atoms with E-state index in [1.165, 1.54) is 11.1 Å². The summed E-state index contributed by atoms with van der Waals surface area (Å²) in [5, 5.41) is 0. The summed E-state index contributed by atoms with van der Waals surface area (Å²) in [6, 6.07) is 8.73. The minimum atomic E-state index is 0.284. The van der Waals surface area contributed by atoms with Gasteiger partial charge in [0.2, 0.25) is 0 Å². The Labute approximate surface area is 92.5 Å². The van der Waals surface area contributed by atoms with E-state index in [9.17, 15) is 4.79 Å². The van der Waals surface area contributed by atoms with Crippen molar-refractivity contribution < 1.29 is 4.79 Å². The fourth-order valence-electron chi connectivity index (χ4n) is 1.67. The van der Waals surface area contributed by atoms with E-state index in [4.69, 9.17) is 0 Å². The van der Waals surface area contributed by atoms with Crippen molar-refractivity contribution in [2.24, 2.45) is 0 Å². The average Bonchev–Trinajstić information content (AvgIpc) is 2.26. The van der Waals surface area contributed by atoms with Crippen LogP contribution >= 0.6 is 0 Å². The summed E-state index contributed by atoms with van der Waals surface area (Å²) < 4.78 is 0. The minimum absolute atomic E-state index is 0.284. The highest BCUT2D eigenvalue weighted by Crippen LogP contribution is 2.21. The molecule has 0 bridgehead atoms. The van der Waals surface area contributed by atoms with Crippen LogP contribution in [0.25, 0.3) is 0 Å². The largest absolute Gasteiger partial charge is 0.300 e. The van der Waals surface area contributed by atoms with Crippen LogP contribution in [0.15, 0.2) is 24.3 Å². The van der Waals surface area contributed by atoms with E-state index in [0.29, 0.717) is 12.3 Å². The third-order valence-corrected chi connectivity index (χ3v) is 2.89. The van der Waals surface area contributed by atoms with Crippen molar-refractivity contribution in [2.75, 3.05) is 0 Å². The molecule has 1 rings (SSSR count). The quantitative estimate of drug-likeness (QED) is 0.714. The lowest BCUT2D eigenvalue weighted by atomic mass is 9.94. The summed E-state index contributed by atoms with van der Waals surface area (Å²) in [5.41, 5.74) is 2.71. The van der Waals surface area contributed by atoms with Gasteiger partial charge in [-0.25, -0.2) is 0 Å². The van der Waals surface area contributed by atoms with E-state index in [-0.39, 0.29) is 5.78 Å². The molecule has 0 radical (unpaired) electrons. The van der Waals surface area contributed by atoms with Crippen molar-refractivity contribution >= 4 is 5.78 Å². The fourth-order valence-corrected chi connectivity index (χ4v) is 1.67. The maximum absolute atomic E-state index is 10.9. The molecule has 82 valence electrons. The molecule has 1 atom stereocenters. The number of carbonyl (C=O) groups excluding carboxylic acids is 1. The maximum atomic E-state index is 10.9. The van der Waals surface area contributed by atoms with E-state index >= 15 is 0 Å². The van der Waals surface area contributed by atoms with Crippen LogP contribution in [-0.2, 0) is 11.2 Å². The molecule has 1 aromatic rings. The Morgan fingerprint density at radius 3 is 2.33 bits per heavy atom. The van der Waals surface area contributed by atoms with Crippen LogP contribution in [0.2, 0.25) is 0 Å². The number of ketones is 1. The van der Waals surface area contributed by atoms with E-state index in [0.717, 1.165) is 12.8 Å². The Balaban J connectivity index is 2.57. The van der Waals surface area contributed by atoms with Crippen molar-refractivity contribution in [3.05, 3.63) is 35.4 Å². The second-order valence-electron chi connectivity index (χ2n) is 4.24. The molecule has 0 saturated heterocycles. The molecule has 0 aliphatic carbocycles. The molecule has 0 aromatic heterocycles. The number of aryl methyl sites for hydroxylation is 1. The van der Waals surface area contributed by atoms with Crippen molar-refractivity contribution in [3.8, 4) is 0 Å². The maximum Gasteiger partial charge on any atom is 0.129 e. The number of hydrogen-bond donors (Lipinski definition) is 0. The highest BCUT2D eigenvalue weighted by atomic mass is 16.1. The normalized spacial score (nSPS) is 12.5. The zero-order chi connectivity index (χ0) is 11.3. The average molecular weight is 204 g/mol. The summed E-state index contributed by atoms with van der Waals surface area (Å²) in [6.45, 7) is 6.00. The van der Waals surface area contributed by atoms with Gasteiger partial charge < -0.3 is 4.79 Å². The summed E-state index contributed by atoms with van der Waals surface area (Å²) in [7, 11) is 0. The Bertz CT molecular complexity index is 311. The van der Waals surface area contributed by atoms with Crippen LogP contribution in [0.5, 0.6) is 0 Å². The number of benzene rings is 1. The van der Waals surface area contributed by atoms with E-state index in [1.807, 2.05) is 0 Å². The lowest BCUT2D eigenvalue weighted by molar-refractivity contribution is -0.117. The predicted octanol–water partition coefficient (Wildman–Crippen LogP) is 3.72. The molecule has 0 fully saturated rings. The first-order valence-electron chi connectivity index (χ1n) is 5.71. The lowest BCUT2D eigenvalue weighted by Crippen LogP contribution is -1.98. The smallest absolute Gasteiger partial charge is 0.129 e. The van der Waals surface area contributed by atoms with Gasteiger partial charge in [0.15, 0.2) is 0 Å². The molecule has 0 saturated carbocycles. The summed E-state index contributed by atoms with van der Waals surface area (Å²) in [4.78, 5) is 10.9. The standard InChI is InChI=1S/C14H20O/c1-4-13-7-9-14(10-8-13)11(2)5-6-12(3)15/h7-11H,4-6H2,1-3H3. The molecule has 0 N–H and O–H groups in total. The van der Waals surface area contributed by atoms with Crippen molar-refractivity contribution in [2.45, 2.75) is 46.0 Å². The Morgan fingerprint density at radius 2 is 1.87 bits per heavy atom. The first-order valence-corrected chi connectivity index (χ1v) is 5.71. The van der Waals surface area contributed by atoms with Crippen LogP contribution in [0.1, 0.15) is 50.7 Å². The van der Waals surface area contributed by atoms with Crippen LogP contribution in [0.3, 0.4) is 0 Å². The molecule has 0 aliphatic heterocycles. The Morgan fingerprint density at radius 1 is 1.27 bits per heavy atom. The number of Topliss-reactive ketones (excluding diaryl/α,β-unsaturated/α-hetero) is 1. The van der Waals surface area contributed by atoms with Crippen molar-refractivity contribution in [1.29, 1.82) is 0 Å². The summed E-state index contributed by atoms with van der Waals surface area (Å²) >= 11 is 0. The van der Waals surface area contributed by atoms with Gasteiger partial charge in [0.1, 0.15) is 5.78 Å². The third kappa shape index (κ3) is 3.86. The molecule has 1 unspecified atom stereocenters. The van der Waals surface area contributed by atoms with Crippen LogP contribution in [0, 0.1) is 0 Å². The zero-order valence-corrected chi connectivity index (χ0v) is 9.92. The predicted molar refractivity (Wildman–Crippen MR) is 64.2 cm³/mol. The van der Waals surface area contributed by atoms with Gasteiger partial charge in [0.05, 0.1) is 0 Å². The van der Waals surface area contributed by atoms with Gasteiger partial charge in [0, 0.05) is 6.42 Å². The number of rotatable bonds is 5. The Kier molecular flexibility index (Phi) is 4.54. The second-order valence-corrected chi connectivity index (χ2v) is 4.24. The molecule has 0 heterocycles. The first kappa shape index (κ1) is 12.0. The molecular formula is C14H20O. The van der Waals surface area contributed by atoms with Gasteiger partial charge >= 0.3 is 0 Å². The van der Waals surface area contributed by atoms with E-state index < -0.39 is 0 Å². The number of hydrogen-bond acceptors (Lipinski definition) is 1. The first-order chi connectivity index (χ1) is 7.13. The third-order valence-electron chi connectivity index (χ3n) is 2.89. The number of carbonyl (C=O) groups is 1. The fraction of sp³-hybridized carbons (Fsp3) is 0.500. The second kappa shape index (κ2) is 5.69. The van der Waals surface area contributed by atoms with E-state index in [2.05, 4.69) is 38.1 Å². The van der Waals surface area contributed by atoms with Crippen LogP contribution in [-0.4, -0.2) is 5.78 Å². The van der Waals surface area contributed by atoms with Gasteiger partial charge in [-0.15, -0.1) is 0 Å². The van der Waals surface area contributed by atoms with E-state index in [1.54, 1.807) is 6.92 Å². The van der Waals surface area contributed by atoms with Gasteiger partial charge in [-0.1, -0.05) is 38.1 Å². The van der Waals surface area contributed by atoms with Gasteiger partial charge in [-0.05, 0) is 36.8 Å². The zero-order valence-electron chi connectivity index (χ0n) is 9.92. The monoisotopic (exact) mass is 204 g/mol. The molecule has 0 aliphatic rings. The highest BCUT2D eigenvalue weighted by molar-refractivity contribution is 5.75. The molecule has 1 nitrogen and oxygen atoms in total. The molecule has 1 heteroatoms.